The third-order valence-electron chi connectivity index (χ3n) is 9.93. The van der Waals surface area contributed by atoms with Crippen molar-refractivity contribution in [2.75, 3.05) is 32.7 Å². The van der Waals surface area contributed by atoms with Gasteiger partial charge in [-0.25, -0.2) is 4.39 Å². The maximum absolute atomic E-state index is 13.8. The molecule has 3 aromatic rings. The predicted molar refractivity (Wildman–Crippen MR) is 161 cm³/mol. The van der Waals surface area contributed by atoms with Crippen molar-refractivity contribution < 1.29 is 14.3 Å². The number of rotatable bonds is 13. The van der Waals surface area contributed by atoms with Crippen LogP contribution in [0.25, 0.3) is 10.2 Å². The molecule has 9 heteroatoms. The number of primary amides is 1. The number of aromatic amines is 1. The first-order chi connectivity index (χ1) is 19.8. The molecule has 1 heterocycles. The van der Waals surface area contributed by atoms with E-state index in [4.69, 9.17) is 5.73 Å². The fourth-order valence-corrected chi connectivity index (χ4v) is 9.31. The number of phenols is 1. The summed E-state index contributed by atoms with van der Waals surface area (Å²) in [5, 5.41) is 10.3. The summed E-state index contributed by atoms with van der Waals surface area (Å²) in [6.07, 6.45) is 9.72. The zero-order chi connectivity index (χ0) is 28.6. The molecule has 220 valence electrons. The lowest BCUT2D eigenvalue weighted by Crippen LogP contribution is -2.61. The molecule has 0 aliphatic heterocycles. The molecule has 41 heavy (non-hydrogen) atoms. The summed E-state index contributed by atoms with van der Waals surface area (Å²) in [4.78, 5) is 31.5. The van der Waals surface area contributed by atoms with Crippen LogP contribution >= 0.6 is 11.3 Å². The zero-order valence-corrected chi connectivity index (χ0v) is 24.4. The van der Waals surface area contributed by atoms with Crippen molar-refractivity contribution in [3.63, 3.8) is 0 Å². The molecule has 2 aromatic carbocycles. The number of aromatic nitrogens is 1. The number of nitrogens with one attached hydrogen (secondary N) is 1. The first kappa shape index (κ1) is 28.4. The third kappa shape index (κ3) is 6.37. The molecule has 7 rings (SSSR count). The minimum absolute atomic E-state index is 0.114. The summed E-state index contributed by atoms with van der Waals surface area (Å²) >= 11 is 1.17. The second kappa shape index (κ2) is 11.9. The lowest BCUT2D eigenvalue weighted by molar-refractivity contribution is -0.118. The number of fused-ring (bicyclic) bond motifs is 1. The first-order valence-electron chi connectivity index (χ1n) is 15.1. The van der Waals surface area contributed by atoms with E-state index in [0.717, 1.165) is 66.2 Å². The van der Waals surface area contributed by atoms with Gasteiger partial charge in [-0.3, -0.25) is 14.5 Å². The van der Waals surface area contributed by atoms with Crippen LogP contribution in [-0.4, -0.2) is 64.1 Å². The van der Waals surface area contributed by atoms with Gasteiger partial charge in [-0.05, 0) is 98.4 Å². The molecule has 4 fully saturated rings. The van der Waals surface area contributed by atoms with Crippen LogP contribution in [-0.2, 0) is 17.6 Å². The zero-order valence-electron chi connectivity index (χ0n) is 23.6. The number of hydrogen-bond donors (Lipinski definition) is 3. The van der Waals surface area contributed by atoms with Gasteiger partial charge in [0, 0.05) is 44.7 Å². The van der Waals surface area contributed by atoms with E-state index in [1.54, 1.807) is 18.2 Å². The average Bonchev–Trinajstić information content (AvgIpc) is 3.32. The quantitative estimate of drug-likeness (QED) is 0.273. The average molecular weight is 581 g/mol. The van der Waals surface area contributed by atoms with Crippen molar-refractivity contribution in [1.82, 2.24) is 14.8 Å². The van der Waals surface area contributed by atoms with Crippen LogP contribution in [0.1, 0.15) is 56.1 Å². The molecule has 4 saturated carbocycles. The lowest BCUT2D eigenvalue weighted by atomic mass is 9.52. The maximum Gasteiger partial charge on any atom is 0.305 e. The Kier molecular flexibility index (Phi) is 8.21. The summed E-state index contributed by atoms with van der Waals surface area (Å²) in [7, 11) is 0. The first-order valence-corrected chi connectivity index (χ1v) is 15.9. The number of H-pyrrole nitrogens is 1. The number of amides is 1. The highest BCUT2D eigenvalue weighted by Crippen LogP contribution is 2.57. The molecule has 0 atom stereocenters. The number of thiazole rings is 1. The number of carbonyl (C=O) groups is 1. The van der Waals surface area contributed by atoms with Crippen molar-refractivity contribution in [3.05, 3.63) is 63.0 Å². The highest BCUT2D eigenvalue weighted by molar-refractivity contribution is 7.16. The summed E-state index contributed by atoms with van der Waals surface area (Å²) < 4.78 is 14.6. The molecule has 7 nitrogen and oxygen atoms in total. The van der Waals surface area contributed by atoms with Crippen LogP contribution in [0.3, 0.4) is 0 Å². The molecule has 4 bridgehead atoms. The molecule has 4 N–H and O–H groups in total. The predicted octanol–water partition coefficient (Wildman–Crippen LogP) is 4.67. The van der Waals surface area contributed by atoms with Crippen molar-refractivity contribution in [3.8, 4) is 5.75 Å². The minimum atomic E-state index is -0.305. The van der Waals surface area contributed by atoms with E-state index in [2.05, 4.69) is 14.8 Å². The molecule has 0 radical (unpaired) electrons. The van der Waals surface area contributed by atoms with Crippen LogP contribution in [0.5, 0.6) is 5.75 Å². The molecule has 0 spiro atoms. The molecule has 0 saturated heterocycles. The monoisotopic (exact) mass is 580 g/mol. The highest BCUT2D eigenvalue weighted by Gasteiger charge is 2.53. The van der Waals surface area contributed by atoms with Gasteiger partial charge in [0.05, 0.1) is 4.70 Å². The van der Waals surface area contributed by atoms with Crippen LogP contribution < -0.4 is 10.6 Å². The Hall–Kier alpha value is -2.75. The van der Waals surface area contributed by atoms with E-state index < -0.39 is 0 Å². The van der Waals surface area contributed by atoms with Gasteiger partial charge in [0.15, 0.2) is 0 Å². The van der Waals surface area contributed by atoms with Gasteiger partial charge in [-0.15, -0.1) is 0 Å². The number of benzene rings is 2. The number of aromatic hydroxyl groups is 1. The van der Waals surface area contributed by atoms with Gasteiger partial charge >= 0.3 is 4.87 Å². The Morgan fingerprint density at radius 2 is 1.73 bits per heavy atom. The van der Waals surface area contributed by atoms with E-state index >= 15 is 0 Å². The van der Waals surface area contributed by atoms with Gasteiger partial charge < -0.3 is 20.7 Å². The molecular formula is C32H41FN4O3S. The van der Waals surface area contributed by atoms with Gasteiger partial charge in [-0.2, -0.15) is 0 Å². The van der Waals surface area contributed by atoms with Crippen LogP contribution in [0, 0.1) is 23.6 Å². The van der Waals surface area contributed by atoms with E-state index in [9.17, 15) is 19.1 Å². The topological polar surface area (TPSA) is 103 Å². The molecule has 1 aromatic heterocycles. The number of nitrogens with zero attached hydrogens (tertiary/aromatic N) is 2. The van der Waals surface area contributed by atoms with E-state index in [0.29, 0.717) is 24.9 Å². The van der Waals surface area contributed by atoms with Crippen LogP contribution in [0.4, 0.5) is 4.39 Å². The normalized spacial score (nSPS) is 25.1. The van der Waals surface area contributed by atoms with Crippen molar-refractivity contribution >= 4 is 27.5 Å². The highest BCUT2D eigenvalue weighted by atomic mass is 32.1. The summed E-state index contributed by atoms with van der Waals surface area (Å²) in [6, 6.07) is 10.4. The van der Waals surface area contributed by atoms with Crippen molar-refractivity contribution in [2.24, 2.45) is 23.5 Å². The summed E-state index contributed by atoms with van der Waals surface area (Å²) in [6.45, 7) is 3.91. The second-order valence-corrected chi connectivity index (χ2v) is 13.8. The maximum atomic E-state index is 13.8. The number of hydrogen-bond acceptors (Lipinski definition) is 6. The van der Waals surface area contributed by atoms with E-state index in [-0.39, 0.29) is 27.9 Å². The van der Waals surface area contributed by atoms with Gasteiger partial charge in [0.25, 0.3) is 0 Å². The molecule has 4 aliphatic rings. The Balaban J connectivity index is 1.21. The van der Waals surface area contributed by atoms with E-state index in [1.165, 1.54) is 55.9 Å². The Morgan fingerprint density at radius 3 is 2.41 bits per heavy atom. The fraction of sp³-hybridized carbons (Fsp3) is 0.562. The smallest absolute Gasteiger partial charge is 0.305 e. The molecule has 4 aliphatic carbocycles. The number of halogens is 1. The van der Waals surface area contributed by atoms with Gasteiger partial charge in [-0.1, -0.05) is 29.5 Å². The molecular weight excluding hydrogens is 539 g/mol. The van der Waals surface area contributed by atoms with Crippen LogP contribution in [0.2, 0.25) is 0 Å². The molecule has 0 unspecified atom stereocenters. The van der Waals surface area contributed by atoms with Crippen molar-refractivity contribution in [1.29, 1.82) is 0 Å². The Labute approximate surface area is 244 Å². The third-order valence-corrected chi connectivity index (χ3v) is 10.9. The fourth-order valence-electron chi connectivity index (χ4n) is 8.41. The van der Waals surface area contributed by atoms with Crippen LogP contribution in [0.15, 0.2) is 41.2 Å². The summed E-state index contributed by atoms with van der Waals surface area (Å²) in [5.41, 5.74) is 8.31. The summed E-state index contributed by atoms with van der Waals surface area (Å²) in [5.74, 6) is 2.04. The SMILES string of the molecule is NC(=O)CCN(CCc1cccc(F)c1)CCN(CCc1ccc(O)c2[nH]c(=O)sc12)C12CC3CC(CC(C3)C1)C2. The Morgan fingerprint density at radius 1 is 1.00 bits per heavy atom. The van der Waals surface area contributed by atoms with Gasteiger partial charge in [0.2, 0.25) is 5.91 Å². The van der Waals surface area contributed by atoms with E-state index in [1.807, 2.05) is 12.1 Å². The second-order valence-electron chi connectivity index (χ2n) is 12.8. The minimum Gasteiger partial charge on any atom is -0.506 e. The van der Waals surface area contributed by atoms with Gasteiger partial charge in [0.1, 0.15) is 17.1 Å². The Bertz CT molecular complexity index is 1420. The molecule has 1 amide bonds. The number of carbonyl (C=O) groups excluding carboxylic acids is 1. The largest absolute Gasteiger partial charge is 0.506 e. The lowest BCUT2D eigenvalue weighted by Gasteiger charge is -2.61. The number of phenolic OH excluding ortho intramolecular Hbond substituents is 1. The number of nitrogens with two attached hydrogens (primary N) is 1. The standard InChI is InChI=1S/C32H41FN4O3S/c33-26-3-1-2-21(17-26)6-9-36(10-8-28(34)39)12-13-37(32-18-22-14-23(19-32)16-24(15-22)20-32)11-7-25-4-5-27(38)29-30(25)41-31(40)35-29/h1-5,17,22-24,38H,6-16,18-20H2,(H2,34,39)(H,35,40). The van der Waals surface area contributed by atoms with Crippen molar-refractivity contribution in [2.45, 2.75) is 63.3 Å².